The minimum atomic E-state index is 0.224. The highest BCUT2D eigenvalue weighted by molar-refractivity contribution is 5.97. The Morgan fingerprint density at radius 1 is 0.944 bits per heavy atom. The first kappa shape index (κ1) is 10.8. The van der Waals surface area contributed by atoms with Crippen molar-refractivity contribution >= 4 is 10.9 Å². The van der Waals surface area contributed by atoms with Gasteiger partial charge in [0, 0.05) is 11.6 Å². The molecule has 2 heteroatoms. The lowest BCUT2D eigenvalue weighted by Gasteiger charge is -2.08. The van der Waals surface area contributed by atoms with Crippen molar-refractivity contribution in [1.29, 1.82) is 0 Å². The molecule has 0 bridgehead atoms. The summed E-state index contributed by atoms with van der Waals surface area (Å²) < 4.78 is 0. The third kappa shape index (κ3) is 1.72. The first-order valence-corrected chi connectivity index (χ1v) is 5.89. The Morgan fingerprint density at radius 2 is 1.72 bits per heavy atom. The Hall–Kier alpha value is -2.35. The van der Waals surface area contributed by atoms with E-state index < -0.39 is 0 Å². The average Bonchev–Trinajstić information content (AvgIpc) is 2.41. The van der Waals surface area contributed by atoms with Crippen molar-refractivity contribution in [2.45, 2.75) is 6.92 Å². The summed E-state index contributed by atoms with van der Waals surface area (Å²) in [5, 5.41) is 10.8. The largest absolute Gasteiger partial charge is 0.506 e. The van der Waals surface area contributed by atoms with Gasteiger partial charge in [-0.25, -0.2) is 0 Å². The van der Waals surface area contributed by atoms with Gasteiger partial charge in [0.2, 0.25) is 0 Å². The molecule has 0 aliphatic rings. The van der Waals surface area contributed by atoms with E-state index in [9.17, 15) is 5.11 Å². The summed E-state index contributed by atoms with van der Waals surface area (Å²) in [7, 11) is 0. The summed E-state index contributed by atoms with van der Waals surface area (Å²) in [4.78, 5) is 4.23. The smallest absolute Gasteiger partial charge is 0.141 e. The number of aryl methyl sites for hydroxylation is 1. The predicted octanol–water partition coefficient (Wildman–Crippen LogP) is 3.92. The maximum absolute atomic E-state index is 9.82. The molecule has 0 fully saturated rings. The Morgan fingerprint density at radius 3 is 2.50 bits per heavy atom. The molecule has 3 aromatic rings. The number of pyridine rings is 1. The highest BCUT2D eigenvalue weighted by atomic mass is 16.3. The zero-order valence-corrected chi connectivity index (χ0v) is 10.1. The van der Waals surface area contributed by atoms with Crippen LogP contribution in [0.2, 0.25) is 0 Å². The van der Waals surface area contributed by atoms with Gasteiger partial charge in [-0.1, -0.05) is 35.9 Å². The minimum Gasteiger partial charge on any atom is -0.506 e. The van der Waals surface area contributed by atoms with Gasteiger partial charge in [-0.15, -0.1) is 0 Å². The van der Waals surface area contributed by atoms with Gasteiger partial charge in [0.05, 0.1) is 0 Å². The van der Waals surface area contributed by atoms with E-state index in [2.05, 4.69) is 36.2 Å². The van der Waals surface area contributed by atoms with Crippen LogP contribution in [0.4, 0.5) is 0 Å². The second-order valence-corrected chi connectivity index (χ2v) is 4.40. The maximum Gasteiger partial charge on any atom is 0.141 e. The van der Waals surface area contributed by atoms with E-state index in [1.807, 2.05) is 18.2 Å². The van der Waals surface area contributed by atoms with Gasteiger partial charge >= 0.3 is 0 Å². The fourth-order valence-corrected chi connectivity index (χ4v) is 2.14. The molecule has 2 nitrogen and oxygen atoms in total. The van der Waals surface area contributed by atoms with Crippen LogP contribution in [0.5, 0.6) is 5.75 Å². The Kier molecular flexibility index (Phi) is 2.49. The van der Waals surface area contributed by atoms with E-state index in [-0.39, 0.29) is 5.75 Å². The van der Waals surface area contributed by atoms with Gasteiger partial charge in [0.25, 0.3) is 0 Å². The normalized spacial score (nSPS) is 10.7. The summed E-state index contributed by atoms with van der Waals surface area (Å²) >= 11 is 0. The number of rotatable bonds is 1. The van der Waals surface area contributed by atoms with E-state index in [1.54, 1.807) is 12.3 Å². The molecule has 0 spiro atoms. The molecule has 2 aromatic carbocycles. The van der Waals surface area contributed by atoms with Crippen molar-refractivity contribution in [3.8, 4) is 16.9 Å². The van der Waals surface area contributed by atoms with Crippen molar-refractivity contribution in [1.82, 2.24) is 4.98 Å². The van der Waals surface area contributed by atoms with Crippen LogP contribution < -0.4 is 0 Å². The topological polar surface area (TPSA) is 33.1 Å². The standard InChI is InChI=1S/C16H13NO/c1-11-4-6-12(7-5-11)13-8-9-15(18)16-14(13)3-2-10-17-16/h2-10,18H,1H3. The van der Waals surface area contributed by atoms with Crippen LogP contribution in [-0.2, 0) is 0 Å². The van der Waals surface area contributed by atoms with Crippen LogP contribution in [0.15, 0.2) is 54.7 Å². The third-order valence-corrected chi connectivity index (χ3v) is 3.11. The summed E-state index contributed by atoms with van der Waals surface area (Å²) in [6.45, 7) is 2.07. The zero-order chi connectivity index (χ0) is 12.5. The maximum atomic E-state index is 9.82. The number of phenols is 1. The van der Waals surface area contributed by atoms with Crippen LogP contribution in [0.1, 0.15) is 5.56 Å². The summed E-state index contributed by atoms with van der Waals surface area (Å²) in [5.41, 5.74) is 4.12. The van der Waals surface area contributed by atoms with Crippen LogP contribution in [-0.4, -0.2) is 10.1 Å². The van der Waals surface area contributed by atoms with Gasteiger partial charge < -0.3 is 5.11 Å². The molecule has 0 amide bonds. The number of aromatic nitrogens is 1. The molecule has 88 valence electrons. The van der Waals surface area contributed by atoms with Crippen molar-refractivity contribution in [2.24, 2.45) is 0 Å². The predicted molar refractivity (Wildman–Crippen MR) is 73.6 cm³/mol. The SMILES string of the molecule is Cc1ccc(-c2ccc(O)c3ncccc23)cc1. The number of hydrogen-bond acceptors (Lipinski definition) is 2. The van der Waals surface area contributed by atoms with Gasteiger partial charge in [0.1, 0.15) is 11.3 Å². The Balaban J connectivity index is 2.30. The lowest BCUT2D eigenvalue weighted by atomic mass is 9.99. The fourth-order valence-electron chi connectivity index (χ4n) is 2.14. The van der Waals surface area contributed by atoms with Crippen LogP contribution in [0.25, 0.3) is 22.0 Å². The molecular weight excluding hydrogens is 222 g/mol. The first-order chi connectivity index (χ1) is 8.75. The monoisotopic (exact) mass is 235 g/mol. The van der Waals surface area contributed by atoms with Gasteiger partial charge in [-0.05, 0) is 36.2 Å². The summed E-state index contributed by atoms with van der Waals surface area (Å²) in [5.74, 6) is 0.224. The van der Waals surface area contributed by atoms with Gasteiger partial charge in [-0.3, -0.25) is 4.98 Å². The highest BCUT2D eigenvalue weighted by Gasteiger charge is 2.07. The van der Waals surface area contributed by atoms with Gasteiger partial charge in [0.15, 0.2) is 0 Å². The van der Waals surface area contributed by atoms with E-state index in [0.717, 1.165) is 16.5 Å². The lowest BCUT2D eigenvalue weighted by Crippen LogP contribution is -1.84. The Bertz CT molecular complexity index is 702. The molecule has 0 aliphatic heterocycles. The lowest BCUT2D eigenvalue weighted by molar-refractivity contribution is 0.480. The van der Waals surface area contributed by atoms with Crippen molar-refractivity contribution in [3.63, 3.8) is 0 Å². The number of nitrogens with zero attached hydrogens (tertiary/aromatic N) is 1. The highest BCUT2D eigenvalue weighted by Crippen LogP contribution is 2.32. The Labute approximate surface area is 106 Å². The summed E-state index contributed by atoms with van der Waals surface area (Å²) in [6, 6.07) is 15.9. The van der Waals surface area contributed by atoms with E-state index in [1.165, 1.54) is 5.56 Å². The zero-order valence-electron chi connectivity index (χ0n) is 10.1. The number of fused-ring (bicyclic) bond motifs is 1. The van der Waals surface area contributed by atoms with Crippen LogP contribution in [0.3, 0.4) is 0 Å². The molecule has 3 rings (SSSR count). The molecule has 1 aromatic heterocycles. The number of hydrogen-bond donors (Lipinski definition) is 1. The van der Waals surface area contributed by atoms with E-state index >= 15 is 0 Å². The number of aromatic hydroxyl groups is 1. The molecule has 1 heterocycles. The molecule has 0 saturated carbocycles. The molecular formula is C16H13NO. The first-order valence-electron chi connectivity index (χ1n) is 5.89. The summed E-state index contributed by atoms with van der Waals surface area (Å²) in [6.07, 6.45) is 1.70. The molecule has 0 aliphatic carbocycles. The molecule has 0 saturated heterocycles. The second-order valence-electron chi connectivity index (χ2n) is 4.40. The molecule has 18 heavy (non-hydrogen) atoms. The third-order valence-electron chi connectivity index (χ3n) is 3.11. The second kappa shape index (κ2) is 4.15. The van der Waals surface area contributed by atoms with Crippen molar-refractivity contribution < 1.29 is 5.11 Å². The van der Waals surface area contributed by atoms with Crippen molar-refractivity contribution in [3.05, 3.63) is 60.3 Å². The quantitative estimate of drug-likeness (QED) is 0.693. The number of benzene rings is 2. The van der Waals surface area contributed by atoms with E-state index in [0.29, 0.717) is 5.52 Å². The van der Waals surface area contributed by atoms with Crippen molar-refractivity contribution in [2.75, 3.05) is 0 Å². The van der Waals surface area contributed by atoms with Crippen LogP contribution in [0, 0.1) is 6.92 Å². The molecule has 0 atom stereocenters. The van der Waals surface area contributed by atoms with Crippen LogP contribution >= 0.6 is 0 Å². The van der Waals surface area contributed by atoms with E-state index in [4.69, 9.17) is 0 Å². The average molecular weight is 235 g/mol. The molecule has 0 unspecified atom stereocenters. The molecule has 0 radical (unpaired) electrons. The molecule has 1 N–H and O–H groups in total. The van der Waals surface area contributed by atoms with Gasteiger partial charge in [-0.2, -0.15) is 0 Å². The fraction of sp³-hybridized carbons (Fsp3) is 0.0625. The number of phenolic OH excluding ortho intramolecular Hbond substituents is 1. The minimum absolute atomic E-state index is 0.224.